The third-order valence-corrected chi connectivity index (χ3v) is 4.87. The van der Waals surface area contributed by atoms with Crippen molar-refractivity contribution in [2.75, 3.05) is 12.4 Å². The Balaban J connectivity index is 1.66. The number of hydrogen-bond acceptors (Lipinski definition) is 4. The van der Waals surface area contributed by atoms with Crippen molar-refractivity contribution in [3.8, 4) is 5.75 Å². The van der Waals surface area contributed by atoms with Gasteiger partial charge in [0.15, 0.2) is 5.16 Å². The van der Waals surface area contributed by atoms with Gasteiger partial charge in [0, 0.05) is 12.3 Å². The number of nitrogens with zero attached hydrogens (tertiary/aromatic N) is 2. The average molecular weight is 354 g/mol. The number of benzene rings is 2. The van der Waals surface area contributed by atoms with E-state index in [-0.39, 0.29) is 5.56 Å². The molecule has 0 fully saturated rings. The van der Waals surface area contributed by atoms with E-state index in [1.54, 1.807) is 16.3 Å². The first-order chi connectivity index (χ1) is 12.3. The van der Waals surface area contributed by atoms with Gasteiger partial charge in [-0.25, -0.2) is 4.98 Å². The first-order valence-electron chi connectivity index (χ1n) is 8.60. The fraction of sp³-hybridized carbons (Fsp3) is 0.300. The highest BCUT2D eigenvalue weighted by Gasteiger charge is 2.10. The van der Waals surface area contributed by atoms with Crippen molar-refractivity contribution < 1.29 is 4.74 Å². The van der Waals surface area contributed by atoms with E-state index in [4.69, 9.17) is 9.72 Å². The Kier molecular flexibility index (Phi) is 6.12. The number of hydrogen-bond donors (Lipinski definition) is 0. The lowest BCUT2D eigenvalue weighted by molar-refractivity contribution is 0.318. The summed E-state index contributed by atoms with van der Waals surface area (Å²) in [6, 6.07) is 17.4. The Morgan fingerprint density at radius 2 is 1.84 bits per heavy atom. The molecule has 0 saturated carbocycles. The summed E-state index contributed by atoms with van der Waals surface area (Å²) in [5.74, 6) is 1.75. The quantitative estimate of drug-likeness (QED) is 0.342. The summed E-state index contributed by atoms with van der Waals surface area (Å²) in [5, 5.41) is 1.48. The molecule has 0 spiro atoms. The minimum absolute atomic E-state index is 0.0514. The van der Waals surface area contributed by atoms with Crippen molar-refractivity contribution in [1.29, 1.82) is 0 Å². The minimum Gasteiger partial charge on any atom is -0.494 e. The van der Waals surface area contributed by atoms with Crippen LogP contribution in [0.4, 0.5) is 0 Å². The highest BCUT2D eigenvalue weighted by molar-refractivity contribution is 7.99. The fourth-order valence-corrected chi connectivity index (χ4v) is 3.55. The summed E-state index contributed by atoms with van der Waals surface area (Å²) >= 11 is 1.62. The van der Waals surface area contributed by atoms with E-state index in [0.29, 0.717) is 18.5 Å². The van der Waals surface area contributed by atoms with E-state index in [2.05, 4.69) is 6.92 Å². The van der Waals surface area contributed by atoms with Gasteiger partial charge in [0.1, 0.15) is 5.75 Å². The van der Waals surface area contributed by atoms with E-state index in [9.17, 15) is 4.79 Å². The van der Waals surface area contributed by atoms with Gasteiger partial charge in [-0.05, 0) is 37.1 Å². The summed E-state index contributed by atoms with van der Waals surface area (Å²) in [5.41, 5.74) is 0.818. The van der Waals surface area contributed by atoms with Gasteiger partial charge in [-0.15, -0.1) is 0 Å². The van der Waals surface area contributed by atoms with E-state index in [0.717, 1.165) is 35.0 Å². The number of thioether (sulfide) groups is 1. The normalized spacial score (nSPS) is 10.9. The van der Waals surface area contributed by atoms with Crippen molar-refractivity contribution in [2.24, 2.45) is 0 Å². The lowest BCUT2D eigenvalue weighted by atomic mass is 10.2. The summed E-state index contributed by atoms with van der Waals surface area (Å²) in [7, 11) is 0. The molecule has 3 rings (SSSR count). The van der Waals surface area contributed by atoms with Crippen LogP contribution in [0.1, 0.15) is 19.8 Å². The maximum Gasteiger partial charge on any atom is 0.262 e. The summed E-state index contributed by atoms with van der Waals surface area (Å²) in [4.78, 5) is 17.4. The van der Waals surface area contributed by atoms with Crippen molar-refractivity contribution in [2.45, 2.75) is 31.5 Å². The zero-order chi connectivity index (χ0) is 17.5. The summed E-state index contributed by atoms with van der Waals surface area (Å²) < 4.78 is 7.51. The zero-order valence-corrected chi connectivity index (χ0v) is 15.2. The molecule has 0 N–H and O–H groups in total. The molecule has 3 aromatic rings. The van der Waals surface area contributed by atoms with Gasteiger partial charge in [-0.1, -0.05) is 49.0 Å². The summed E-state index contributed by atoms with van der Waals surface area (Å²) in [6.45, 7) is 3.42. The number of aromatic nitrogens is 2. The third kappa shape index (κ3) is 4.42. The van der Waals surface area contributed by atoms with Crippen LogP contribution < -0.4 is 10.3 Å². The van der Waals surface area contributed by atoms with Crippen molar-refractivity contribution in [3.63, 3.8) is 0 Å². The van der Waals surface area contributed by atoms with E-state index in [1.807, 2.05) is 54.6 Å². The maximum atomic E-state index is 12.7. The van der Waals surface area contributed by atoms with Gasteiger partial charge in [-0.3, -0.25) is 9.36 Å². The predicted octanol–water partition coefficient (Wildman–Crippen LogP) is 4.37. The number of fused-ring (bicyclic) bond motifs is 1. The molecule has 0 aliphatic carbocycles. The lowest BCUT2D eigenvalue weighted by Gasteiger charge is -2.12. The Bertz CT molecular complexity index is 878. The second kappa shape index (κ2) is 8.72. The molecule has 4 nitrogen and oxygen atoms in total. The molecule has 1 heterocycles. The largest absolute Gasteiger partial charge is 0.494 e. The van der Waals surface area contributed by atoms with Crippen LogP contribution in [0.15, 0.2) is 64.5 Å². The first kappa shape index (κ1) is 17.5. The van der Waals surface area contributed by atoms with Crippen molar-refractivity contribution in [3.05, 3.63) is 65.0 Å². The number of ether oxygens (including phenoxy) is 1. The fourth-order valence-electron chi connectivity index (χ4n) is 2.61. The molecule has 0 atom stereocenters. The Labute approximate surface area is 151 Å². The van der Waals surface area contributed by atoms with Crippen LogP contribution in [-0.4, -0.2) is 21.9 Å². The molecule has 0 aliphatic heterocycles. The highest BCUT2D eigenvalue weighted by atomic mass is 32.2. The highest BCUT2D eigenvalue weighted by Crippen LogP contribution is 2.19. The van der Waals surface area contributed by atoms with Gasteiger partial charge in [0.25, 0.3) is 5.56 Å². The molecular formula is C20H22N2O2S. The van der Waals surface area contributed by atoms with Gasteiger partial charge in [-0.2, -0.15) is 0 Å². The zero-order valence-electron chi connectivity index (χ0n) is 14.4. The number of para-hydroxylation sites is 2. The molecule has 0 bridgehead atoms. The minimum atomic E-state index is 0.0514. The molecule has 0 aliphatic rings. The Morgan fingerprint density at radius 3 is 2.64 bits per heavy atom. The van der Waals surface area contributed by atoms with Crippen LogP contribution in [0.5, 0.6) is 5.75 Å². The Morgan fingerprint density at radius 1 is 1.08 bits per heavy atom. The van der Waals surface area contributed by atoms with Gasteiger partial charge in [0.2, 0.25) is 0 Å². The SMILES string of the molecule is CCCn1c(SCCCOc2ccccc2)nc2ccccc2c1=O. The molecule has 1 aromatic heterocycles. The second-order valence-corrected chi connectivity index (χ2v) is 6.79. The predicted molar refractivity (Wildman–Crippen MR) is 104 cm³/mol. The van der Waals surface area contributed by atoms with Crippen LogP contribution in [0.2, 0.25) is 0 Å². The van der Waals surface area contributed by atoms with Crippen molar-refractivity contribution >= 4 is 22.7 Å². The number of rotatable bonds is 8. The molecule has 5 heteroatoms. The topological polar surface area (TPSA) is 44.1 Å². The molecule has 0 amide bonds. The third-order valence-electron chi connectivity index (χ3n) is 3.81. The van der Waals surface area contributed by atoms with Crippen LogP contribution in [-0.2, 0) is 6.54 Å². The van der Waals surface area contributed by atoms with E-state index < -0.39 is 0 Å². The van der Waals surface area contributed by atoms with Crippen LogP contribution in [0.3, 0.4) is 0 Å². The molecule has 0 radical (unpaired) electrons. The van der Waals surface area contributed by atoms with Crippen LogP contribution >= 0.6 is 11.8 Å². The standard InChI is InChI=1S/C20H22N2O2S/c1-2-13-22-19(23)17-11-6-7-12-18(17)21-20(22)25-15-8-14-24-16-9-4-3-5-10-16/h3-7,9-12H,2,8,13-15H2,1H3. The Hall–Kier alpha value is -2.27. The molecule has 130 valence electrons. The van der Waals surface area contributed by atoms with Gasteiger partial charge in [0.05, 0.1) is 17.5 Å². The van der Waals surface area contributed by atoms with Crippen LogP contribution in [0.25, 0.3) is 10.9 Å². The van der Waals surface area contributed by atoms with E-state index in [1.165, 1.54) is 0 Å². The second-order valence-electron chi connectivity index (χ2n) is 5.73. The first-order valence-corrected chi connectivity index (χ1v) is 9.58. The van der Waals surface area contributed by atoms with Gasteiger partial charge < -0.3 is 4.74 Å². The average Bonchev–Trinajstić information content (AvgIpc) is 2.65. The lowest BCUT2D eigenvalue weighted by Crippen LogP contribution is -2.23. The van der Waals surface area contributed by atoms with E-state index >= 15 is 0 Å². The smallest absolute Gasteiger partial charge is 0.262 e. The maximum absolute atomic E-state index is 12.7. The van der Waals surface area contributed by atoms with Gasteiger partial charge >= 0.3 is 0 Å². The molecule has 0 saturated heterocycles. The van der Waals surface area contributed by atoms with Crippen LogP contribution in [0, 0.1) is 0 Å². The molecule has 2 aromatic carbocycles. The van der Waals surface area contributed by atoms with Crippen molar-refractivity contribution in [1.82, 2.24) is 9.55 Å². The summed E-state index contributed by atoms with van der Waals surface area (Å²) in [6.07, 6.45) is 1.80. The molecule has 25 heavy (non-hydrogen) atoms. The molecular weight excluding hydrogens is 332 g/mol. The molecule has 0 unspecified atom stereocenters. The monoisotopic (exact) mass is 354 g/mol.